The Morgan fingerprint density at radius 2 is 1.66 bits per heavy atom. The SMILES string of the molecule is Cc1ccc(NC(=O)c2ccccc2NC(=O)C(=O)N/N=C\c2cccs2)cc1. The summed E-state index contributed by atoms with van der Waals surface area (Å²) in [6.45, 7) is 1.95. The summed E-state index contributed by atoms with van der Waals surface area (Å²) in [6, 6.07) is 17.4. The summed E-state index contributed by atoms with van der Waals surface area (Å²) in [5.41, 5.74) is 4.31. The number of aryl methyl sites for hydroxylation is 1. The van der Waals surface area contributed by atoms with Crippen LogP contribution in [0.15, 0.2) is 71.1 Å². The fourth-order valence-corrected chi connectivity index (χ4v) is 2.96. The molecule has 0 bridgehead atoms. The van der Waals surface area contributed by atoms with Gasteiger partial charge in [0.05, 0.1) is 17.5 Å². The molecule has 0 spiro atoms. The smallest absolute Gasteiger partial charge is 0.322 e. The van der Waals surface area contributed by atoms with Gasteiger partial charge in [-0.1, -0.05) is 35.9 Å². The van der Waals surface area contributed by atoms with E-state index in [4.69, 9.17) is 0 Å². The predicted octanol–water partition coefficient (Wildman–Crippen LogP) is 3.40. The Bertz CT molecular complexity index is 1040. The molecule has 0 saturated heterocycles. The van der Waals surface area contributed by atoms with Crippen LogP contribution in [0.5, 0.6) is 0 Å². The molecule has 0 fully saturated rings. The molecule has 0 atom stereocenters. The maximum Gasteiger partial charge on any atom is 0.329 e. The molecule has 0 saturated carbocycles. The van der Waals surface area contributed by atoms with Crippen LogP contribution < -0.4 is 16.1 Å². The molecule has 7 nitrogen and oxygen atoms in total. The molecule has 3 rings (SSSR count). The summed E-state index contributed by atoms with van der Waals surface area (Å²) < 4.78 is 0. The largest absolute Gasteiger partial charge is 0.329 e. The molecule has 0 aliphatic rings. The van der Waals surface area contributed by atoms with Gasteiger partial charge in [0.1, 0.15) is 0 Å². The van der Waals surface area contributed by atoms with Crippen LogP contribution in [0.1, 0.15) is 20.8 Å². The van der Waals surface area contributed by atoms with E-state index in [-0.39, 0.29) is 11.3 Å². The number of amides is 3. The lowest BCUT2D eigenvalue weighted by atomic mass is 10.1. The minimum Gasteiger partial charge on any atom is -0.322 e. The number of hydrazone groups is 1. The number of thiophene rings is 1. The zero-order valence-electron chi connectivity index (χ0n) is 15.5. The Balaban J connectivity index is 1.64. The molecular formula is C21H18N4O3S. The van der Waals surface area contributed by atoms with Gasteiger partial charge in [-0.05, 0) is 42.6 Å². The number of anilines is 2. The molecule has 2 aromatic carbocycles. The first kappa shape index (κ1) is 20.0. The third kappa shape index (κ3) is 5.60. The number of hydrogen-bond donors (Lipinski definition) is 3. The molecule has 1 heterocycles. The molecule has 0 aliphatic carbocycles. The lowest BCUT2D eigenvalue weighted by Crippen LogP contribution is -2.33. The Labute approximate surface area is 171 Å². The van der Waals surface area contributed by atoms with E-state index in [0.29, 0.717) is 5.69 Å². The van der Waals surface area contributed by atoms with E-state index in [9.17, 15) is 14.4 Å². The highest BCUT2D eigenvalue weighted by Gasteiger charge is 2.17. The highest BCUT2D eigenvalue weighted by molar-refractivity contribution is 7.11. The molecular weight excluding hydrogens is 388 g/mol. The number of nitrogens with one attached hydrogen (secondary N) is 3. The van der Waals surface area contributed by atoms with Crippen molar-refractivity contribution in [2.75, 3.05) is 10.6 Å². The minimum atomic E-state index is -0.938. The molecule has 3 aromatic rings. The Kier molecular flexibility index (Phi) is 6.49. The highest BCUT2D eigenvalue weighted by atomic mass is 32.1. The second-order valence-corrected chi connectivity index (χ2v) is 7.01. The number of para-hydroxylation sites is 1. The van der Waals surface area contributed by atoms with Gasteiger partial charge in [-0.25, -0.2) is 5.43 Å². The summed E-state index contributed by atoms with van der Waals surface area (Å²) in [7, 11) is 0. The highest BCUT2D eigenvalue weighted by Crippen LogP contribution is 2.18. The zero-order valence-corrected chi connectivity index (χ0v) is 16.3. The third-order valence-corrected chi connectivity index (χ3v) is 4.64. The second-order valence-electron chi connectivity index (χ2n) is 6.03. The normalized spacial score (nSPS) is 10.5. The van der Waals surface area contributed by atoms with Crippen LogP contribution in [0, 0.1) is 6.92 Å². The number of benzene rings is 2. The van der Waals surface area contributed by atoms with Crippen LogP contribution in [0.4, 0.5) is 11.4 Å². The van der Waals surface area contributed by atoms with Gasteiger partial charge in [0.2, 0.25) is 0 Å². The molecule has 0 aliphatic heterocycles. The lowest BCUT2D eigenvalue weighted by molar-refractivity contribution is -0.136. The van der Waals surface area contributed by atoms with Crippen molar-refractivity contribution in [3.05, 3.63) is 82.0 Å². The van der Waals surface area contributed by atoms with Gasteiger partial charge in [-0.2, -0.15) is 5.10 Å². The van der Waals surface area contributed by atoms with E-state index in [1.165, 1.54) is 17.6 Å². The fourth-order valence-electron chi connectivity index (χ4n) is 2.37. The van der Waals surface area contributed by atoms with Crippen LogP contribution in [-0.4, -0.2) is 23.9 Å². The summed E-state index contributed by atoms with van der Waals surface area (Å²) in [4.78, 5) is 37.5. The standard InChI is InChI=1S/C21H18N4O3S/c1-14-8-10-15(11-9-14)23-19(26)17-6-2-3-7-18(17)24-20(27)21(28)25-22-13-16-5-4-12-29-16/h2-13H,1H3,(H,23,26)(H,24,27)(H,25,28)/b22-13-. The quantitative estimate of drug-likeness (QED) is 0.344. The molecule has 3 amide bonds. The van der Waals surface area contributed by atoms with Crippen LogP contribution in [0.25, 0.3) is 0 Å². The molecule has 3 N–H and O–H groups in total. The van der Waals surface area contributed by atoms with E-state index in [0.717, 1.165) is 10.4 Å². The van der Waals surface area contributed by atoms with Crippen molar-refractivity contribution < 1.29 is 14.4 Å². The van der Waals surface area contributed by atoms with Crippen LogP contribution in [0.3, 0.4) is 0 Å². The second kappa shape index (κ2) is 9.43. The van der Waals surface area contributed by atoms with E-state index in [2.05, 4.69) is 21.2 Å². The number of hydrogen-bond acceptors (Lipinski definition) is 5. The van der Waals surface area contributed by atoms with Gasteiger partial charge in [0, 0.05) is 10.6 Å². The maximum atomic E-state index is 12.6. The van der Waals surface area contributed by atoms with E-state index in [1.807, 2.05) is 36.6 Å². The van der Waals surface area contributed by atoms with E-state index < -0.39 is 17.7 Å². The fraction of sp³-hybridized carbons (Fsp3) is 0.0476. The van der Waals surface area contributed by atoms with Crippen molar-refractivity contribution in [1.29, 1.82) is 0 Å². The minimum absolute atomic E-state index is 0.222. The molecule has 0 radical (unpaired) electrons. The van der Waals surface area contributed by atoms with Gasteiger partial charge >= 0.3 is 11.8 Å². The van der Waals surface area contributed by atoms with Crippen LogP contribution >= 0.6 is 11.3 Å². The molecule has 1 aromatic heterocycles. The summed E-state index contributed by atoms with van der Waals surface area (Å²) >= 11 is 1.45. The van der Waals surface area contributed by atoms with Crippen LogP contribution in [0.2, 0.25) is 0 Å². The van der Waals surface area contributed by atoms with Crippen molar-refractivity contribution in [1.82, 2.24) is 5.43 Å². The van der Waals surface area contributed by atoms with Gasteiger partial charge in [0.25, 0.3) is 5.91 Å². The number of carbonyl (C=O) groups is 3. The average Bonchev–Trinajstić information content (AvgIpc) is 3.23. The van der Waals surface area contributed by atoms with E-state index >= 15 is 0 Å². The van der Waals surface area contributed by atoms with Crippen molar-refractivity contribution in [2.24, 2.45) is 5.10 Å². The van der Waals surface area contributed by atoms with Crippen molar-refractivity contribution >= 4 is 46.6 Å². The summed E-state index contributed by atoms with van der Waals surface area (Å²) in [5.74, 6) is -2.27. The summed E-state index contributed by atoms with van der Waals surface area (Å²) in [6.07, 6.45) is 1.44. The molecule has 29 heavy (non-hydrogen) atoms. The van der Waals surface area contributed by atoms with Gasteiger partial charge in [-0.15, -0.1) is 11.3 Å². The van der Waals surface area contributed by atoms with Crippen LogP contribution in [-0.2, 0) is 9.59 Å². The number of nitrogens with zero attached hydrogens (tertiary/aromatic N) is 1. The first-order valence-electron chi connectivity index (χ1n) is 8.68. The maximum absolute atomic E-state index is 12.6. The number of rotatable bonds is 5. The third-order valence-electron chi connectivity index (χ3n) is 3.84. The molecule has 0 unspecified atom stereocenters. The molecule has 8 heteroatoms. The van der Waals surface area contributed by atoms with E-state index in [1.54, 1.807) is 36.4 Å². The Morgan fingerprint density at radius 1 is 0.897 bits per heavy atom. The van der Waals surface area contributed by atoms with Crippen molar-refractivity contribution in [3.63, 3.8) is 0 Å². The summed E-state index contributed by atoms with van der Waals surface area (Å²) in [5, 5.41) is 10.8. The van der Waals surface area contributed by atoms with Crippen molar-refractivity contribution in [3.8, 4) is 0 Å². The number of carbonyl (C=O) groups excluding carboxylic acids is 3. The monoisotopic (exact) mass is 406 g/mol. The predicted molar refractivity (Wildman–Crippen MR) is 114 cm³/mol. The van der Waals surface area contributed by atoms with Gasteiger partial charge < -0.3 is 10.6 Å². The zero-order chi connectivity index (χ0) is 20.6. The molecule has 146 valence electrons. The topological polar surface area (TPSA) is 99.7 Å². The first-order valence-corrected chi connectivity index (χ1v) is 9.56. The average molecular weight is 406 g/mol. The first-order chi connectivity index (χ1) is 14.0. The van der Waals surface area contributed by atoms with Crippen molar-refractivity contribution in [2.45, 2.75) is 6.92 Å². The lowest BCUT2D eigenvalue weighted by Gasteiger charge is -2.11. The Hall–Kier alpha value is -3.78. The van der Waals surface area contributed by atoms with Gasteiger partial charge in [0.15, 0.2) is 0 Å². The van der Waals surface area contributed by atoms with Gasteiger partial charge in [-0.3, -0.25) is 14.4 Å². The Morgan fingerprint density at radius 3 is 2.38 bits per heavy atom.